The lowest BCUT2D eigenvalue weighted by molar-refractivity contribution is -0.0494. The molecule has 0 bridgehead atoms. The van der Waals surface area contributed by atoms with Crippen LogP contribution in [0.5, 0.6) is 23.0 Å². The van der Waals surface area contributed by atoms with Crippen molar-refractivity contribution in [2.45, 2.75) is 6.61 Å². The van der Waals surface area contributed by atoms with Crippen molar-refractivity contribution in [2.24, 2.45) is 0 Å². The first kappa shape index (κ1) is 23.6. The summed E-state index contributed by atoms with van der Waals surface area (Å²) < 4.78 is 46.4. The van der Waals surface area contributed by atoms with Gasteiger partial charge in [-0.1, -0.05) is 24.8 Å². The monoisotopic (exact) mass is 455 g/mol. The Balaban J connectivity index is 1.88. The Morgan fingerprint density at radius 2 is 1.70 bits per heavy atom. The molecule has 3 rings (SSSR count). The molecule has 0 radical (unpaired) electrons. The minimum atomic E-state index is -2.99. The number of hydrogen-bond acceptors (Lipinski definition) is 5. The van der Waals surface area contributed by atoms with Crippen LogP contribution in [0, 0.1) is 0 Å². The molecule has 3 aromatic rings. The predicted molar refractivity (Wildman–Crippen MR) is 122 cm³/mol. The van der Waals surface area contributed by atoms with E-state index in [1.165, 1.54) is 26.4 Å². The lowest BCUT2D eigenvalue weighted by Gasteiger charge is -2.14. The summed E-state index contributed by atoms with van der Waals surface area (Å²) in [5.41, 5.74) is 1.74. The molecule has 0 aliphatic heterocycles. The highest BCUT2D eigenvalue weighted by molar-refractivity contribution is 6.05. The third-order valence-corrected chi connectivity index (χ3v) is 4.64. The van der Waals surface area contributed by atoms with E-state index in [-0.39, 0.29) is 5.75 Å². The number of anilines is 1. The Kier molecular flexibility index (Phi) is 7.86. The van der Waals surface area contributed by atoms with Gasteiger partial charge in [0.1, 0.15) is 18.1 Å². The van der Waals surface area contributed by atoms with E-state index in [9.17, 15) is 13.6 Å². The van der Waals surface area contributed by atoms with Gasteiger partial charge in [-0.3, -0.25) is 4.79 Å². The number of benzene rings is 3. The van der Waals surface area contributed by atoms with Crippen molar-refractivity contribution in [1.29, 1.82) is 0 Å². The second-order valence-electron chi connectivity index (χ2n) is 6.74. The summed E-state index contributed by atoms with van der Waals surface area (Å²) in [4.78, 5) is 12.8. The fraction of sp³-hybridized carbons (Fsp3) is 0.160. The summed E-state index contributed by atoms with van der Waals surface area (Å²) in [5.74, 6) is 1.06. The summed E-state index contributed by atoms with van der Waals surface area (Å²) in [5, 5.41) is 2.77. The summed E-state index contributed by atoms with van der Waals surface area (Å²) >= 11 is 0. The molecule has 0 fully saturated rings. The third-order valence-electron chi connectivity index (χ3n) is 4.64. The highest BCUT2D eigenvalue weighted by Crippen LogP contribution is 2.35. The number of amides is 1. The summed E-state index contributed by atoms with van der Waals surface area (Å²) in [6.07, 6.45) is 1.60. The molecule has 0 spiro atoms. The average molecular weight is 455 g/mol. The van der Waals surface area contributed by atoms with Gasteiger partial charge in [0.2, 0.25) is 0 Å². The van der Waals surface area contributed by atoms with Crippen molar-refractivity contribution in [3.05, 3.63) is 78.9 Å². The van der Waals surface area contributed by atoms with Crippen LogP contribution in [0.15, 0.2) is 73.3 Å². The van der Waals surface area contributed by atoms with E-state index >= 15 is 0 Å². The van der Waals surface area contributed by atoms with Gasteiger partial charge in [0.15, 0.2) is 11.5 Å². The first-order valence-corrected chi connectivity index (χ1v) is 9.91. The number of ether oxygens (including phenoxy) is 4. The molecule has 8 heteroatoms. The van der Waals surface area contributed by atoms with Crippen LogP contribution >= 0.6 is 0 Å². The standard InChI is InChI=1S/C25H23F2NO5/c1-4-13-32-22-11-7-17(14-23(22)31-3)24(29)28-18-8-12-21(33-25(26)27)20(15-18)16-5-9-19(30-2)10-6-16/h4-12,14-15,25H,1,13H2,2-3H3,(H,28,29). The molecule has 0 aromatic heterocycles. The van der Waals surface area contributed by atoms with Gasteiger partial charge in [0.05, 0.1) is 14.2 Å². The first-order valence-electron chi connectivity index (χ1n) is 9.91. The van der Waals surface area contributed by atoms with E-state index in [4.69, 9.17) is 14.2 Å². The molecule has 6 nitrogen and oxygen atoms in total. The van der Waals surface area contributed by atoms with Crippen LogP contribution in [0.25, 0.3) is 11.1 Å². The maximum absolute atomic E-state index is 12.9. The lowest BCUT2D eigenvalue weighted by atomic mass is 10.0. The molecule has 3 aromatic carbocycles. The molecule has 0 aliphatic carbocycles. The zero-order valence-corrected chi connectivity index (χ0v) is 18.1. The average Bonchev–Trinajstić information content (AvgIpc) is 2.83. The smallest absolute Gasteiger partial charge is 0.387 e. The Morgan fingerprint density at radius 1 is 0.970 bits per heavy atom. The van der Waals surface area contributed by atoms with Crippen molar-refractivity contribution in [3.8, 4) is 34.1 Å². The number of alkyl halides is 2. The van der Waals surface area contributed by atoms with Gasteiger partial charge >= 0.3 is 6.61 Å². The zero-order chi connectivity index (χ0) is 23.8. The van der Waals surface area contributed by atoms with Crippen LogP contribution in [0.4, 0.5) is 14.5 Å². The Hall–Kier alpha value is -4.07. The van der Waals surface area contributed by atoms with E-state index in [1.807, 2.05) is 0 Å². The first-order chi connectivity index (χ1) is 15.9. The van der Waals surface area contributed by atoms with Crippen LogP contribution in [0.2, 0.25) is 0 Å². The molecule has 0 heterocycles. The fourth-order valence-electron chi connectivity index (χ4n) is 3.08. The number of carbonyl (C=O) groups is 1. The van der Waals surface area contributed by atoms with E-state index in [0.29, 0.717) is 46.2 Å². The second-order valence-corrected chi connectivity index (χ2v) is 6.74. The highest BCUT2D eigenvalue weighted by atomic mass is 19.3. The van der Waals surface area contributed by atoms with Crippen LogP contribution in [0.3, 0.4) is 0 Å². The van der Waals surface area contributed by atoms with E-state index in [0.717, 1.165) is 0 Å². The number of hydrogen-bond donors (Lipinski definition) is 1. The number of carbonyl (C=O) groups excluding carboxylic acids is 1. The quantitative estimate of drug-likeness (QED) is 0.392. The SMILES string of the molecule is C=CCOc1ccc(C(=O)Nc2ccc(OC(F)F)c(-c3ccc(OC)cc3)c2)cc1OC. The number of methoxy groups -OCH3 is 2. The molecular formula is C25H23F2NO5. The molecule has 1 amide bonds. The molecule has 0 aliphatic rings. The zero-order valence-electron chi connectivity index (χ0n) is 18.1. The van der Waals surface area contributed by atoms with Crippen LogP contribution in [-0.4, -0.2) is 33.3 Å². The molecule has 1 N–H and O–H groups in total. The van der Waals surface area contributed by atoms with E-state index < -0.39 is 12.5 Å². The normalized spacial score (nSPS) is 10.5. The molecule has 33 heavy (non-hydrogen) atoms. The van der Waals surface area contributed by atoms with Gasteiger partial charge < -0.3 is 24.3 Å². The minimum absolute atomic E-state index is 0.0152. The van der Waals surface area contributed by atoms with Gasteiger partial charge in [-0.2, -0.15) is 8.78 Å². The van der Waals surface area contributed by atoms with Gasteiger partial charge in [-0.05, 0) is 54.1 Å². The number of halogens is 2. The van der Waals surface area contributed by atoms with Gasteiger partial charge in [0, 0.05) is 16.8 Å². The molecule has 0 unspecified atom stereocenters. The maximum atomic E-state index is 12.9. The summed E-state index contributed by atoms with van der Waals surface area (Å²) in [7, 11) is 3.00. The van der Waals surface area contributed by atoms with Crippen LogP contribution in [0.1, 0.15) is 10.4 Å². The van der Waals surface area contributed by atoms with Gasteiger partial charge in [-0.25, -0.2) is 0 Å². The topological polar surface area (TPSA) is 66.0 Å². The molecule has 172 valence electrons. The molecule has 0 saturated carbocycles. The fourth-order valence-corrected chi connectivity index (χ4v) is 3.08. The molecule has 0 atom stereocenters. The largest absolute Gasteiger partial charge is 0.497 e. The molecular weight excluding hydrogens is 432 g/mol. The van der Waals surface area contributed by atoms with Crippen LogP contribution in [-0.2, 0) is 0 Å². The molecule has 0 saturated heterocycles. The Bertz CT molecular complexity index is 1120. The van der Waals surface area contributed by atoms with Crippen molar-refractivity contribution in [2.75, 3.05) is 26.1 Å². The number of nitrogens with one attached hydrogen (secondary N) is 1. The van der Waals surface area contributed by atoms with Crippen molar-refractivity contribution >= 4 is 11.6 Å². The lowest BCUT2D eigenvalue weighted by Crippen LogP contribution is -2.12. The summed E-state index contributed by atoms with van der Waals surface area (Å²) in [6.45, 7) is 0.902. The van der Waals surface area contributed by atoms with E-state index in [2.05, 4.69) is 16.6 Å². The van der Waals surface area contributed by atoms with Gasteiger partial charge in [0.25, 0.3) is 5.91 Å². The van der Waals surface area contributed by atoms with Crippen LogP contribution < -0.4 is 24.3 Å². The number of rotatable bonds is 10. The van der Waals surface area contributed by atoms with Crippen molar-refractivity contribution in [1.82, 2.24) is 0 Å². The van der Waals surface area contributed by atoms with Gasteiger partial charge in [-0.15, -0.1) is 0 Å². The second kappa shape index (κ2) is 11.0. The maximum Gasteiger partial charge on any atom is 0.387 e. The Morgan fingerprint density at radius 3 is 2.33 bits per heavy atom. The predicted octanol–water partition coefficient (Wildman–Crippen LogP) is 5.79. The third kappa shape index (κ3) is 6.00. The Labute approximate surface area is 190 Å². The highest BCUT2D eigenvalue weighted by Gasteiger charge is 2.15. The summed E-state index contributed by atoms with van der Waals surface area (Å²) in [6, 6.07) is 16.0. The van der Waals surface area contributed by atoms with Crippen molar-refractivity contribution < 1.29 is 32.5 Å². The van der Waals surface area contributed by atoms with Crippen molar-refractivity contribution in [3.63, 3.8) is 0 Å². The van der Waals surface area contributed by atoms with E-state index in [1.54, 1.807) is 54.6 Å². The minimum Gasteiger partial charge on any atom is -0.497 e.